The Hall–Kier alpha value is -0.920. The first-order valence-electron chi connectivity index (χ1n) is 5.99. The van der Waals surface area contributed by atoms with E-state index in [4.69, 9.17) is 16.3 Å². The van der Waals surface area contributed by atoms with Crippen molar-refractivity contribution in [3.05, 3.63) is 24.3 Å². The number of ether oxygens (including phenoxy) is 1. The molecule has 0 radical (unpaired) electrons. The molecule has 0 spiro atoms. The van der Waals surface area contributed by atoms with Gasteiger partial charge in [0.1, 0.15) is 0 Å². The fourth-order valence-electron chi connectivity index (χ4n) is 1.51. The van der Waals surface area contributed by atoms with Crippen LogP contribution in [0.5, 0.6) is 0 Å². The molecule has 114 valence electrons. The van der Waals surface area contributed by atoms with Crippen molar-refractivity contribution in [3.63, 3.8) is 0 Å². The van der Waals surface area contributed by atoms with Crippen molar-refractivity contribution in [2.75, 3.05) is 31.0 Å². The Kier molecular flexibility index (Phi) is 7.18. The molecule has 0 aliphatic heterocycles. The molecule has 1 rings (SSSR count). The van der Waals surface area contributed by atoms with Crippen molar-refractivity contribution in [1.29, 1.82) is 0 Å². The minimum atomic E-state index is -4.60. The van der Waals surface area contributed by atoms with Crippen LogP contribution in [0, 0.1) is 0 Å². The first-order chi connectivity index (χ1) is 9.50. The number of hydrogen-bond donors (Lipinski definition) is 1. The van der Waals surface area contributed by atoms with Crippen molar-refractivity contribution < 1.29 is 21.9 Å². The highest BCUT2D eigenvalue weighted by molar-refractivity contribution is 7.91. The molecule has 0 aromatic heterocycles. The Morgan fingerprint density at radius 2 is 1.95 bits per heavy atom. The molecule has 0 unspecified atom stereocenters. The Morgan fingerprint density at radius 1 is 1.25 bits per heavy atom. The summed E-state index contributed by atoms with van der Waals surface area (Å²) in [4.78, 5) is -0.392. The molecule has 0 aliphatic carbocycles. The van der Waals surface area contributed by atoms with Crippen LogP contribution < -0.4 is 5.32 Å². The summed E-state index contributed by atoms with van der Waals surface area (Å²) in [6.07, 6.45) is 0.611. The number of para-hydroxylation sites is 1. The molecule has 20 heavy (non-hydrogen) atoms. The molecular formula is C12H16ClF2NO3S. The number of rotatable bonds is 9. The molecule has 1 aromatic carbocycles. The van der Waals surface area contributed by atoms with Gasteiger partial charge < -0.3 is 10.1 Å². The molecule has 0 amide bonds. The summed E-state index contributed by atoms with van der Waals surface area (Å²) < 4.78 is 53.3. The highest BCUT2D eigenvalue weighted by atomic mass is 35.5. The lowest BCUT2D eigenvalue weighted by Gasteiger charge is -2.12. The summed E-state index contributed by atoms with van der Waals surface area (Å²) in [6, 6.07) is 5.60. The second-order valence-corrected chi connectivity index (χ2v) is 6.15. The molecule has 0 atom stereocenters. The zero-order chi connectivity index (χ0) is 15.0. The van der Waals surface area contributed by atoms with Crippen molar-refractivity contribution in [3.8, 4) is 0 Å². The molecule has 0 saturated heterocycles. The number of anilines is 1. The molecule has 0 bridgehead atoms. The topological polar surface area (TPSA) is 55.4 Å². The zero-order valence-corrected chi connectivity index (χ0v) is 12.3. The maximum absolute atomic E-state index is 12.6. The summed E-state index contributed by atoms with van der Waals surface area (Å²) in [7, 11) is -4.60. The lowest BCUT2D eigenvalue weighted by atomic mass is 10.3. The summed E-state index contributed by atoms with van der Waals surface area (Å²) >= 11 is 5.43. The second kappa shape index (κ2) is 8.39. The van der Waals surface area contributed by atoms with E-state index in [1.165, 1.54) is 12.1 Å². The van der Waals surface area contributed by atoms with Gasteiger partial charge in [-0.15, -0.1) is 11.6 Å². The molecular weight excluding hydrogens is 312 g/mol. The molecule has 0 fully saturated rings. The number of nitrogens with one attached hydrogen (secondary N) is 1. The maximum atomic E-state index is 12.6. The van der Waals surface area contributed by atoms with Crippen molar-refractivity contribution in [1.82, 2.24) is 0 Å². The molecule has 4 nitrogen and oxygen atoms in total. The van der Waals surface area contributed by atoms with E-state index in [0.717, 1.165) is 6.07 Å². The summed E-state index contributed by atoms with van der Waals surface area (Å²) in [5, 5.41) is 2.83. The van der Waals surface area contributed by atoms with Gasteiger partial charge in [0.25, 0.3) is 0 Å². The van der Waals surface area contributed by atoms with Gasteiger partial charge in [-0.3, -0.25) is 0 Å². The monoisotopic (exact) mass is 327 g/mol. The molecule has 1 aromatic rings. The summed E-state index contributed by atoms with van der Waals surface area (Å²) in [5.74, 6) is -3.03. The first kappa shape index (κ1) is 17.1. The predicted octanol–water partition coefficient (Wildman–Crippen LogP) is 2.74. The van der Waals surface area contributed by atoms with E-state index in [-0.39, 0.29) is 5.69 Å². The predicted molar refractivity (Wildman–Crippen MR) is 74.3 cm³/mol. The van der Waals surface area contributed by atoms with E-state index in [1.54, 1.807) is 6.07 Å². The zero-order valence-electron chi connectivity index (χ0n) is 10.7. The van der Waals surface area contributed by atoms with Crippen LogP contribution in [0.1, 0.15) is 6.42 Å². The van der Waals surface area contributed by atoms with Crippen LogP contribution in [0.4, 0.5) is 14.5 Å². The minimum Gasteiger partial charge on any atom is -0.384 e. The fourth-order valence-corrected chi connectivity index (χ4v) is 2.53. The Labute approximate surface area is 122 Å². The number of halogens is 3. The minimum absolute atomic E-state index is 0.171. The smallest absolute Gasteiger partial charge is 0.341 e. The molecule has 0 saturated carbocycles. The summed E-state index contributed by atoms with van der Waals surface area (Å²) in [6.45, 7) is 1.32. The lowest BCUT2D eigenvalue weighted by molar-refractivity contribution is 0.149. The van der Waals surface area contributed by atoms with Gasteiger partial charge in [-0.2, -0.15) is 8.78 Å². The molecule has 8 heteroatoms. The average molecular weight is 328 g/mol. The van der Waals surface area contributed by atoms with Crippen molar-refractivity contribution in [2.24, 2.45) is 0 Å². The third-order valence-corrected chi connectivity index (χ3v) is 4.02. The van der Waals surface area contributed by atoms with Gasteiger partial charge in [0.15, 0.2) is 0 Å². The van der Waals surface area contributed by atoms with E-state index >= 15 is 0 Å². The Balaban J connectivity index is 2.63. The quantitative estimate of drug-likeness (QED) is 0.560. The van der Waals surface area contributed by atoms with Crippen LogP contribution in [-0.4, -0.2) is 39.8 Å². The Bertz CT molecular complexity index is 511. The average Bonchev–Trinajstić information content (AvgIpc) is 2.43. The van der Waals surface area contributed by atoms with Crippen molar-refractivity contribution in [2.45, 2.75) is 17.1 Å². The summed E-state index contributed by atoms with van der Waals surface area (Å²) in [5.41, 5.74) is 0.171. The first-order valence-corrected chi connectivity index (χ1v) is 8.07. The van der Waals surface area contributed by atoms with E-state index in [2.05, 4.69) is 5.32 Å². The van der Waals surface area contributed by atoms with Gasteiger partial charge in [-0.05, 0) is 18.6 Å². The van der Waals surface area contributed by atoms with Crippen LogP contribution in [0.2, 0.25) is 0 Å². The van der Waals surface area contributed by atoms with E-state index in [9.17, 15) is 17.2 Å². The largest absolute Gasteiger partial charge is 0.384 e. The van der Waals surface area contributed by atoms with Crippen LogP contribution in [0.15, 0.2) is 29.2 Å². The van der Waals surface area contributed by atoms with Crippen LogP contribution in [-0.2, 0) is 14.6 Å². The molecule has 0 heterocycles. The lowest BCUT2D eigenvalue weighted by Crippen LogP contribution is -2.15. The number of benzene rings is 1. The normalized spacial score (nSPS) is 11.8. The fraction of sp³-hybridized carbons (Fsp3) is 0.500. The van der Waals surface area contributed by atoms with Gasteiger partial charge in [-0.1, -0.05) is 12.1 Å². The third kappa shape index (κ3) is 4.88. The van der Waals surface area contributed by atoms with Crippen molar-refractivity contribution >= 4 is 27.1 Å². The Morgan fingerprint density at radius 3 is 2.60 bits per heavy atom. The van der Waals surface area contributed by atoms with E-state index in [0.29, 0.717) is 32.1 Å². The van der Waals surface area contributed by atoms with Gasteiger partial charge >= 0.3 is 5.76 Å². The van der Waals surface area contributed by atoms with Crippen LogP contribution >= 0.6 is 11.6 Å². The third-order valence-electron chi connectivity index (χ3n) is 2.43. The van der Waals surface area contributed by atoms with Gasteiger partial charge in [0, 0.05) is 19.0 Å². The van der Waals surface area contributed by atoms with Gasteiger partial charge in [0.2, 0.25) is 9.84 Å². The second-order valence-electron chi connectivity index (χ2n) is 3.88. The highest BCUT2D eigenvalue weighted by Crippen LogP contribution is 2.25. The molecule has 0 aliphatic rings. The number of alkyl halides is 3. The number of sulfone groups is 1. The van der Waals surface area contributed by atoms with Crippen LogP contribution in [0.3, 0.4) is 0 Å². The standard InChI is InChI=1S/C12H16ClF2NO3S/c13-6-9-19-8-3-7-16-10-4-1-2-5-11(10)20(17,18)12(14)15/h1-2,4-5,12,16H,3,6-9H2. The van der Waals surface area contributed by atoms with Gasteiger partial charge in [0.05, 0.1) is 17.2 Å². The molecule has 1 N–H and O–H groups in total. The highest BCUT2D eigenvalue weighted by Gasteiger charge is 2.28. The van der Waals surface area contributed by atoms with E-state index < -0.39 is 20.5 Å². The SMILES string of the molecule is O=S(=O)(c1ccccc1NCCCOCCCl)C(F)F. The number of hydrogen-bond acceptors (Lipinski definition) is 4. The maximum Gasteiger partial charge on any atom is 0.341 e. The van der Waals surface area contributed by atoms with Gasteiger partial charge in [-0.25, -0.2) is 8.42 Å². The van der Waals surface area contributed by atoms with E-state index in [1.807, 2.05) is 0 Å². The van der Waals surface area contributed by atoms with Crippen LogP contribution in [0.25, 0.3) is 0 Å².